The van der Waals surface area contributed by atoms with Crippen LogP contribution in [0.4, 0.5) is 5.69 Å². The predicted molar refractivity (Wildman–Crippen MR) is 122 cm³/mol. The fraction of sp³-hybridized carbons (Fsp3) is 0.458. The van der Waals surface area contributed by atoms with Gasteiger partial charge in [-0.3, -0.25) is 14.4 Å². The molecule has 0 atom stereocenters. The minimum atomic E-state index is -0.680. The van der Waals surface area contributed by atoms with Crippen LogP contribution in [0.2, 0.25) is 0 Å². The van der Waals surface area contributed by atoms with Gasteiger partial charge in [0, 0.05) is 31.5 Å². The van der Waals surface area contributed by atoms with E-state index < -0.39 is 5.41 Å². The highest BCUT2D eigenvalue weighted by Gasteiger charge is 2.29. The van der Waals surface area contributed by atoms with E-state index in [0.29, 0.717) is 46.6 Å². The van der Waals surface area contributed by atoms with Crippen molar-refractivity contribution >= 4 is 39.8 Å². The van der Waals surface area contributed by atoms with Crippen LogP contribution in [0.3, 0.4) is 0 Å². The maximum Gasteiger partial charge on any atom is 0.246 e. The smallest absolute Gasteiger partial charge is 0.246 e. The van der Waals surface area contributed by atoms with E-state index >= 15 is 0 Å². The third kappa shape index (κ3) is 4.98. The number of nitrogens with zero attached hydrogens (tertiary/aromatic N) is 1. The number of likely N-dealkylation sites (N-methyl/N-ethyl adjacent to an activating group) is 1. The van der Waals surface area contributed by atoms with Crippen LogP contribution in [0, 0.1) is 5.41 Å². The van der Waals surface area contributed by atoms with Crippen molar-refractivity contribution in [2.75, 3.05) is 25.5 Å². The van der Waals surface area contributed by atoms with Crippen LogP contribution >= 0.6 is 0 Å². The number of rotatable bonds is 7. The molecule has 0 aliphatic heterocycles. The zero-order valence-corrected chi connectivity index (χ0v) is 19.6. The average molecular weight is 429 g/mol. The van der Waals surface area contributed by atoms with Gasteiger partial charge >= 0.3 is 0 Å². The number of benzene rings is 1. The zero-order chi connectivity index (χ0) is 23.5. The van der Waals surface area contributed by atoms with Crippen molar-refractivity contribution in [3.63, 3.8) is 0 Å². The van der Waals surface area contributed by atoms with Crippen molar-refractivity contribution in [3.05, 3.63) is 29.5 Å². The molecule has 0 saturated heterocycles. The van der Waals surface area contributed by atoms with Gasteiger partial charge in [0.2, 0.25) is 11.8 Å². The van der Waals surface area contributed by atoms with Crippen LogP contribution in [-0.4, -0.2) is 42.7 Å². The summed E-state index contributed by atoms with van der Waals surface area (Å²) in [6.07, 6.45) is 1.56. The summed E-state index contributed by atoms with van der Waals surface area (Å²) >= 11 is 0. The van der Waals surface area contributed by atoms with Crippen LogP contribution in [0.25, 0.3) is 16.5 Å². The minimum absolute atomic E-state index is 0.0428. The number of hydrogen-bond donors (Lipinski definition) is 1. The fourth-order valence-corrected chi connectivity index (χ4v) is 3.23. The topological polar surface area (TPSA) is 88.8 Å². The number of methoxy groups -OCH3 is 1. The molecule has 2 rings (SSSR count). The Kier molecular flexibility index (Phi) is 7.31. The van der Waals surface area contributed by atoms with Crippen molar-refractivity contribution in [2.24, 2.45) is 5.41 Å². The number of carbonyl (C=O) groups is 3. The number of amides is 2. The molecule has 0 bridgehead atoms. The number of ketones is 1. The summed E-state index contributed by atoms with van der Waals surface area (Å²) in [6.45, 7) is 13.6. The lowest BCUT2D eigenvalue weighted by atomic mass is 9.94. The second-order valence-corrected chi connectivity index (χ2v) is 8.42. The molecule has 7 heteroatoms. The lowest BCUT2D eigenvalue weighted by Crippen LogP contribution is -2.29. The van der Waals surface area contributed by atoms with Crippen molar-refractivity contribution in [2.45, 2.75) is 48.5 Å². The summed E-state index contributed by atoms with van der Waals surface area (Å²) in [5, 5.41) is 3.40. The van der Waals surface area contributed by atoms with E-state index in [1.165, 1.54) is 14.0 Å². The van der Waals surface area contributed by atoms with Gasteiger partial charge in [-0.15, -0.1) is 0 Å². The molecule has 7 nitrogen and oxygen atoms in total. The Morgan fingerprint density at radius 1 is 1.13 bits per heavy atom. The Bertz CT molecular complexity index is 1040. The monoisotopic (exact) mass is 428 g/mol. The number of nitrogens with one attached hydrogen (secondary N) is 1. The highest BCUT2D eigenvalue weighted by atomic mass is 16.5. The molecule has 31 heavy (non-hydrogen) atoms. The van der Waals surface area contributed by atoms with Gasteiger partial charge in [0.15, 0.2) is 22.9 Å². The van der Waals surface area contributed by atoms with E-state index in [2.05, 4.69) is 5.32 Å². The van der Waals surface area contributed by atoms with Gasteiger partial charge in [0.05, 0.1) is 18.2 Å². The van der Waals surface area contributed by atoms with Gasteiger partial charge in [0.1, 0.15) is 0 Å². The first-order valence-corrected chi connectivity index (χ1v) is 10.4. The number of ether oxygens (including phenoxy) is 1. The molecule has 0 aliphatic carbocycles. The third-order valence-electron chi connectivity index (χ3n) is 5.10. The van der Waals surface area contributed by atoms with Gasteiger partial charge in [-0.2, -0.15) is 0 Å². The molecule has 0 radical (unpaired) electrons. The quantitative estimate of drug-likeness (QED) is 0.500. The molecule has 0 fully saturated rings. The maximum absolute atomic E-state index is 12.8. The summed E-state index contributed by atoms with van der Waals surface area (Å²) in [6, 6.07) is 3.52. The van der Waals surface area contributed by atoms with E-state index in [0.717, 1.165) is 0 Å². The van der Waals surface area contributed by atoms with Gasteiger partial charge in [-0.05, 0) is 38.0 Å². The molecule has 1 aromatic carbocycles. The Labute approximate surface area is 183 Å². The highest BCUT2D eigenvalue weighted by Crippen LogP contribution is 2.42. The molecule has 0 aliphatic rings. The molecule has 0 saturated carbocycles. The van der Waals surface area contributed by atoms with Crippen LogP contribution in [-0.2, 0) is 9.59 Å². The number of carbonyl (C=O) groups excluding carboxylic acids is 3. The SMILES string of the molecule is CCN(CC)C(=O)/C=C(\C)c1ccc(OC)c2oc(C(C)=O)c(NC(=O)C(C)(C)C)c12. The van der Waals surface area contributed by atoms with Crippen LogP contribution < -0.4 is 10.1 Å². The van der Waals surface area contributed by atoms with E-state index in [4.69, 9.17) is 9.15 Å². The number of Topliss-reactive ketones (excluding diaryl/α,β-unsaturated/α-hetero) is 1. The Morgan fingerprint density at radius 3 is 2.23 bits per heavy atom. The van der Waals surface area contributed by atoms with Crippen molar-refractivity contribution in [3.8, 4) is 5.75 Å². The average Bonchev–Trinajstić information content (AvgIpc) is 3.07. The first-order chi connectivity index (χ1) is 14.5. The zero-order valence-electron chi connectivity index (χ0n) is 19.6. The van der Waals surface area contributed by atoms with Crippen LogP contribution in [0.5, 0.6) is 5.75 Å². The molecule has 168 valence electrons. The van der Waals surface area contributed by atoms with Crippen molar-refractivity contribution in [1.82, 2.24) is 4.90 Å². The summed E-state index contributed by atoms with van der Waals surface area (Å²) in [5.41, 5.74) is 1.32. The van der Waals surface area contributed by atoms with Crippen molar-refractivity contribution < 1.29 is 23.5 Å². The second-order valence-electron chi connectivity index (χ2n) is 8.42. The number of fused-ring (bicyclic) bond motifs is 1. The number of allylic oxidation sites excluding steroid dienone is 1. The molecular formula is C24H32N2O5. The molecule has 2 aromatic rings. The first-order valence-electron chi connectivity index (χ1n) is 10.4. The Balaban J connectivity index is 2.80. The predicted octanol–water partition coefficient (Wildman–Crippen LogP) is 4.90. The van der Waals surface area contributed by atoms with E-state index in [9.17, 15) is 14.4 Å². The number of anilines is 1. The van der Waals surface area contributed by atoms with Gasteiger partial charge < -0.3 is 19.4 Å². The molecular weight excluding hydrogens is 396 g/mol. The van der Waals surface area contributed by atoms with E-state index in [1.807, 2.05) is 20.8 Å². The van der Waals surface area contributed by atoms with Crippen molar-refractivity contribution in [1.29, 1.82) is 0 Å². The highest BCUT2D eigenvalue weighted by molar-refractivity contribution is 6.15. The summed E-state index contributed by atoms with van der Waals surface area (Å²) in [7, 11) is 1.50. The van der Waals surface area contributed by atoms with Crippen LogP contribution in [0.1, 0.15) is 64.6 Å². The lowest BCUT2D eigenvalue weighted by molar-refractivity contribution is -0.125. The van der Waals surface area contributed by atoms with E-state index in [-0.39, 0.29) is 23.4 Å². The van der Waals surface area contributed by atoms with Gasteiger partial charge in [-0.1, -0.05) is 26.8 Å². The Morgan fingerprint density at radius 2 is 1.74 bits per heavy atom. The molecule has 1 heterocycles. The largest absolute Gasteiger partial charge is 0.493 e. The van der Waals surface area contributed by atoms with Gasteiger partial charge in [-0.25, -0.2) is 0 Å². The molecule has 1 aromatic heterocycles. The normalized spacial score (nSPS) is 12.1. The van der Waals surface area contributed by atoms with Gasteiger partial charge in [0.25, 0.3) is 0 Å². The summed E-state index contributed by atoms with van der Waals surface area (Å²) in [4.78, 5) is 39.4. The summed E-state index contributed by atoms with van der Waals surface area (Å²) < 4.78 is 11.3. The minimum Gasteiger partial charge on any atom is -0.493 e. The number of hydrogen-bond acceptors (Lipinski definition) is 5. The molecule has 2 amide bonds. The fourth-order valence-electron chi connectivity index (χ4n) is 3.23. The summed E-state index contributed by atoms with van der Waals surface area (Å²) in [5.74, 6) is -0.217. The molecule has 0 spiro atoms. The maximum atomic E-state index is 12.8. The molecule has 0 unspecified atom stereocenters. The first kappa shape index (κ1) is 24.2. The van der Waals surface area contributed by atoms with E-state index in [1.54, 1.807) is 43.9 Å². The Hall–Kier alpha value is -3.09. The second kappa shape index (κ2) is 9.37. The van der Waals surface area contributed by atoms with Crippen LogP contribution in [0.15, 0.2) is 22.6 Å². The number of furan rings is 1. The lowest BCUT2D eigenvalue weighted by Gasteiger charge is -2.18. The molecule has 1 N–H and O–H groups in total. The standard InChI is InChI=1S/C24H32N2O5/c1-9-26(10-2)18(28)13-14(3)16-11-12-17(30-8)22-19(16)20(21(31-22)15(4)27)25-23(29)24(5,6)7/h11-13H,9-10H2,1-8H3,(H,25,29)/b14-13+. The third-order valence-corrected chi connectivity index (χ3v) is 5.10.